The molecule has 0 radical (unpaired) electrons. The molecule has 1 unspecified atom stereocenters. The standard InChI is InChI=1S/C22H25ClN6O.HI/c1-16(21-26-20(27-30-21)17-5-3-2-4-6-17)15-25-22(24)29-13-11-28(12-14-29)19-9-7-18(23)8-10-19;/h2-10,16H,11-15H2,1H3,(H2,24,25);1H. The van der Waals surface area contributed by atoms with Gasteiger partial charge in [0.1, 0.15) is 0 Å². The number of nitrogens with zero attached hydrogens (tertiary/aromatic N) is 5. The summed E-state index contributed by atoms with van der Waals surface area (Å²) in [5.74, 6) is 1.70. The lowest BCUT2D eigenvalue weighted by Crippen LogP contribution is -2.51. The summed E-state index contributed by atoms with van der Waals surface area (Å²) in [4.78, 5) is 13.5. The summed E-state index contributed by atoms with van der Waals surface area (Å²) in [5.41, 5.74) is 8.35. The molecule has 0 bridgehead atoms. The highest BCUT2D eigenvalue weighted by Gasteiger charge is 2.20. The highest BCUT2D eigenvalue weighted by Crippen LogP contribution is 2.21. The van der Waals surface area contributed by atoms with Gasteiger partial charge in [-0.05, 0) is 24.3 Å². The smallest absolute Gasteiger partial charge is 0.231 e. The average Bonchev–Trinajstić information content (AvgIpc) is 3.29. The van der Waals surface area contributed by atoms with Crippen LogP contribution in [0, 0.1) is 0 Å². The minimum Gasteiger partial charge on any atom is -0.370 e. The Morgan fingerprint density at radius 2 is 1.77 bits per heavy atom. The van der Waals surface area contributed by atoms with Crippen LogP contribution in [0.25, 0.3) is 11.4 Å². The van der Waals surface area contributed by atoms with Crippen molar-refractivity contribution in [3.05, 3.63) is 65.5 Å². The molecule has 1 aliphatic rings. The summed E-state index contributed by atoms with van der Waals surface area (Å²) in [6.07, 6.45) is 0. The Labute approximate surface area is 204 Å². The van der Waals surface area contributed by atoms with Gasteiger partial charge >= 0.3 is 0 Å². The normalized spacial score (nSPS) is 15.5. The van der Waals surface area contributed by atoms with E-state index in [1.54, 1.807) is 0 Å². The van der Waals surface area contributed by atoms with Gasteiger partial charge in [0.05, 0.1) is 12.5 Å². The second kappa shape index (κ2) is 10.8. The highest BCUT2D eigenvalue weighted by molar-refractivity contribution is 14.0. The molecule has 9 heteroatoms. The lowest BCUT2D eigenvalue weighted by molar-refractivity contribution is 0.359. The molecule has 164 valence electrons. The van der Waals surface area contributed by atoms with Gasteiger partial charge < -0.3 is 20.1 Å². The second-order valence-electron chi connectivity index (χ2n) is 7.37. The minimum atomic E-state index is -0.0103. The van der Waals surface area contributed by atoms with Crippen LogP contribution in [0.1, 0.15) is 18.7 Å². The Bertz CT molecular complexity index is 987. The summed E-state index contributed by atoms with van der Waals surface area (Å²) in [7, 11) is 0. The van der Waals surface area contributed by atoms with Crippen LogP contribution in [0.2, 0.25) is 5.02 Å². The van der Waals surface area contributed by atoms with Crippen molar-refractivity contribution in [1.29, 1.82) is 0 Å². The molecule has 1 saturated heterocycles. The SMILES string of the molecule is CC(CN=C(N)N1CCN(c2ccc(Cl)cc2)CC1)c1nc(-c2ccccc2)no1.I. The summed E-state index contributed by atoms with van der Waals surface area (Å²) in [6, 6.07) is 17.7. The first-order valence-electron chi connectivity index (χ1n) is 10.0. The number of anilines is 1. The van der Waals surface area contributed by atoms with Crippen molar-refractivity contribution in [3.8, 4) is 11.4 Å². The molecular formula is C22H26ClIN6O. The molecule has 0 aliphatic carbocycles. The van der Waals surface area contributed by atoms with E-state index in [0.29, 0.717) is 24.2 Å². The first-order valence-corrected chi connectivity index (χ1v) is 10.4. The van der Waals surface area contributed by atoms with Crippen LogP contribution >= 0.6 is 35.6 Å². The molecule has 31 heavy (non-hydrogen) atoms. The molecule has 1 aromatic heterocycles. The Morgan fingerprint density at radius 1 is 1.10 bits per heavy atom. The number of aliphatic imine (C=N–C) groups is 1. The number of benzene rings is 2. The van der Waals surface area contributed by atoms with E-state index < -0.39 is 0 Å². The molecule has 2 N–H and O–H groups in total. The molecule has 2 aromatic carbocycles. The van der Waals surface area contributed by atoms with Gasteiger partial charge in [0.25, 0.3) is 0 Å². The van der Waals surface area contributed by atoms with Crippen LogP contribution in [-0.4, -0.2) is 53.7 Å². The summed E-state index contributed by atoms with van der Waals surface area (Å²) in [5, 5.41) is 4.83. The van der Waals surface area contributed by atoms with E-state index in [9.17, 15) is 0 Å². The molecule has 0 saturated carbocycles. The van der Waals surface area contributed by atoms with Gasteiger partial charge in [0.15, 0.2) is 5.96 Å². The van der Waals surface area contributed by atoms with Crippen LogP contribution in [0.4, 0.5) is 5.69 Å². The first kappa shape index (κ1) is 23.3. The number of rotatable bonds is 5. The van der Waals surface area contributed by atoms with E-state index in [2.05, 4.69) is 24.9 Å². The minimum absolute atomic E-state index is 0. The van der Waals surface area contributed by atoms with E-state index in [-0.39, 0.29) is 29.9 Å². The van der Waals surface area contributed by atoms with E-state index in [1.165, 1.54) is 5.69 Å². The average molecular weight is 553 g/mol. The monoisotopic (exact) mass is 552 g/mol. The second-order valence-corrected chi connectivity index (χ2v) is 7.81. The van der Waals surface area contributed by atoms with Crippen molar-refractivity contribution in [1.82, 2.24) is 15.0 Å². The number of halogens is 2. The van der Waals surface area contributed by atoms with Crippen LogP contribution in [0.15, 0.2) is 64.1 Å². The van der Waals surface area contributed by atoms with Crippen molar-refractivity contribution in [2.45, 2.75) is 12.8 Å². The quantitative estimate of drug-likeness (QED) is 0.290. The van der Waals surface area contributed by atoms with E-state index in [1.807, 2.05) is 61.5 Å². The maximum atomic E-state index is 6.25. The fourth-order valence-electron chi connectivity index (χ4n) is 3.39. The summed E-state index contributed by atoms with van der Waals surface area (Å²) in [6.45, 7) is 5.93. The third kappa shape index (κ3) is 5.88. The van der Waals surface area contributed by atoms with Gasteiger partial charge in [-0.3, -0.25) is 4.99 Å². The molecule has 7 nitrogen and oxygen atoms in total. The van der Waals surface area contributed by atoms with Crippen LogP contribution in [0.3, 0.4) is 0 Å². The van der Waals surface area contributed by atoms with Crippen molar-refractivity contribution in [2.24, 2.45) is 10.7 Å². The van der Waals surface area contributed by atoms with E-state index in [0.717, 1.165) is 36.8 Å². The number of hydrogen-bond acceptors (Lipinski definition) is 5. The zero-order valence-electron chi connectivity index (χ0n) is 17.3. The molecule has 3 aromatic rings. The summed E-state index contributed by atoms with van der Waals surface area (Å²) >= 11 is 5.98. The van der Waals surface area contributed by atoms with Gasteiger partial charge in [-0.1, -0.05) is 54.0 Å². The van der Waals surface area contributed by atoms with Gasteiger partial charge in [-0.25, -0.2) is 0 Å². The first-order chi connectivity index (χ1) is 14.6. The van der Waals surface area contributed by atoms with E-state index >= 15 is 0 Å². The van der Waals surface area contributed by atoms with Gasteiger partial charge in [-0.15, -0.1) is 24.0 Å². The third-order valence-corrected chi connectivity index (χ3v) is 5.47. The lowest BCUT2D eigenvalue weighted by atomic mass is 10.2. The number of aromatic nitrogens is 2. The lowest BCUT2D eigenvalue weighted by Gasteiger charge is -2.36. The van der Waals surface area contributed by atoms with Gasteiger partial charge in [0.2, 0.25) is 11.7 Å². The molecule has 1 atom stereocenters. The maximum Gasteiger partial charge on any atom is 0.231 e. The van der Waals surface area contributed by atoms with Crippen molar-refractivity contribution < 1.29 is 4.52 Å². The third-order valence-electron chi connectivity index (χ3n) is 5.22. The Morgan fingerprint density at radius 3 is 2.45 bits per heavy atom. The van der Waals surface area contributed by atoms with Crippen molar-refractivity contribution in [3.63, 3.8) is 0 Å². The number of piperazine rings is 1. The van der Waals surface area contributed by atoms with Gasteiger partial charge in [-0.2, -0.15) is 4.98 Å². The summed E-state index contributed by atoms with van der Waals surface area (Å²) < 4.78 is 5.43. The zero-order chi connectivity index (χ0) is 20.9. The largest absolute Gasteiger partial charge is 0.370 e. The fraction of sp³-hybridized carbons (Fsp3) is 0.318. The molecule has 0 spiro atoms. The Kier molecular flexibility index (Phi) is 8.14. The van der Waals surface area contributed by atoms with E-state index in [4.69, 9.17) is 21.9 Å². The number of hydrogen-bond donors (Lipinski definition) is 1. The van der Waals surface area contributed by atoms with Crippen LogP contribution in [0.5, 0.6) is 0 Å². The fourth-order valence-corrected chi connectivity index (χ4v) is 3.52. The maximum absolute atomic E-state index is 6.25. The Balaban J connectivity index is 0.00000272. The number of guanidine groups is 1. The van der Waals surface area contributed by atoms with Crippen LogP contribution < -0.4 is 10.6 Å². The zero-order valence-corrected chi connectivity index (χ0v) is 20.4. The molecule has 1 fully saturated rings. The molecule has 2 heterocycles. The van der Waals surface area contributed by atoms with Crippen LogP contribution in [-0.2, 0) is 0 Å². The number of nitrogens with two attached hydrogens (primary N) is 1. The molecule has 0 amide bonds. The van der Waals surface area contributed by atoms with Crippen molar-refractivity contribution >= 4 is 47.2 Å². The molecular weight excluding hydrogens is 527 g/mol. The Hall–Kier alpha value is -2.33. The molecule has 1 aliphatic heterocycles. The molecule has 4 rings (SSSR count). The topological polar surface area (TPSA) is 83.8 Å². The predicted octanol–water partition coefficient (Wildman–Crippen LogP) is 4.25. The highest BCUT2D eigenvalue weighted by atomic mass is 127. The predicted molar refractivity (Wildman–Crippen MR) is 135 cm³/mol. The van der Waals surface area contributed by atoms with Gasteiger partial charge in [0, 0.05) is 42.5 Å². The van der Waals surface area contributed by atoms with Crippen molar-refractivity contribution in [2.75, 3.05) is 37.6 Å².